The van der Waals surface area contributed by atoms with Gasteiger partial charge in [0.05, 0.1) is 24.8 Å². The molecule has 0 saturated heterocycles. The molecule has 0 aliphatic rings. The van der Waals surface area contributed by atoms with Crippen LogP contribution in [-0.2, 0) is 68.8 Å². The Morgan fingerprint density at radius 1 is 0.539 bits per heavy atom. The maximum Gasteiger partial charge on any atom is 0.326 e. The number of fused-ring (bicyclic) bond motifs is 1. The molecule has 29 heteroatoms. The first-order valence-corrected chi connectivity index (χ1v) is 29.6. The van der Waals surface area contributed by atoms with E-state index in [0.717, 1.165) is 0 Å². The van der Waals surface area contributed by atoms with E-state index in [0.29, 0.717) is 33.4 Å². The number of carboxylic acid groups (broad SMARTS) is 1. The number of aliphatic hydroxyl groups is 1. The highest BCUT2D eigenvalue weighted by Crippen LogP contribution is 2.21. The number of nitrogens with one attached hydrogen (secondary N) is 11. The Morgan fingerprint density at radius 3 is 1.51 bits per heavy atom. The lowest BCUT2D eigenvalue weighted by Gasteiger charge is -2.28. The quantitative estimate of drug-likeness (QED) is 0.0136. The van der Waals surface area contributed by atoms with Crippen molar-refractivity contribution in [3.05, 3.63) is 102 Å². The number of aromatic hydroxyl groups is 1. The Bertz CT molecular complexity index is 3160. The average Bonchev–Trinajstić information content (AvgIpc) is 3.81. The summed E-state index contributed by atoms with van der Waals surface area (Å²) >= 11 is 0. The van der Waals surface area contributed by atoms with Gasteiger partial charge < -0.3 is 90.0 Å². The van der Waals surface area contributed by atoms with Crippen LogP contribution in [0, 0.1) is 17.8 Å². The number of nitrogens with zero attached hydrogens (tertiary/aromatic N) is 3. The van der Waals surface area contributed by atoms with Crippen LogP contribution in [0.4, 0.5) is 0 Å². The average molecular weight is 1240 g/mol. The van der Waals surface area contributed by atoms with Gasteiger partial charge in [0, 0.05) is 73.1 Å². The molecule has 0 aliphatic heterocycles. The Balaban J connectivity index is 1.48. The minimum absolute atomic E-state index is 0.0184. The van der Waals surface area contributed by atoms with Crippen LogP contribution in [0.15, 0.2) is 84.8 Å². The van der Waals surface area contributed by atoms with Gasteiger partial charge in [0.25, 0.3) is 0 Å². The van der Waals surface area contributed by atoms with Gasteiger partial charge >= 0.3 is 5.97 Å². The molecular weight excluding hydrogens is 1150 g/mol. The monoisotopic (exact) mass is 1240 g/mol. The fraction of sp³-hybridized carbons (Fsp3) is 0.500. The molecule has 3 heterocycles. The molecule has 29 nitrogen and oxygen atoms in total. The van der Waals surface area contributed by atoms with Crippen LogP contribution in [-0.4, -0.2) is 166 Å². The number of aliphatic imine (C=N–C) groups is 1. The third kappa shape index (κ3) is 23.0. The fourth-order valence-electron chi connectivity index (χ4n) is 9.80. The maximum atomic E-state index is 14.9. The lowest BCUT2D eigenvalue weighted by atomic mass is 9.99. The lowest BCUT2D eigenvalue weighted by molar-refractivity contribution is -0.143. The van der Waals surface area contributed by atoms with Crippen LogP contribution in [0.5, 0.6) is 5.75 Å². The number of phenols is 1. The zero-order valence-corrected chi connectivity index (χ0v) is 51.2. The summed E-state index contributed by atoms with van der Waals surface area (Å²) in [4.78, 5) is 148. The van der Waals surface area contributed by atoms with Gasteiger partial charge in [-0.1, -0.05) is 71.9 Å². The molecule has 0 unspecified atom stereocenters. The molecular formula is C60H87N17O12. The molecule has 0 saturated carbocycles. The first kappa shape index (κ1) is 70.4. The number of carbonyl (C=O) groups is 9. The standard InChI is InChI=1S/C60H87N17O12/c1-31(2)19-41(61)51(80)77-50(34(7)78)58(87)75-46(23-36-26-67-42-12-9-8-11-40(36)42)55(84)74-47(24-37-27-64-29-68-37)56(85)70-43(13-10-18-66-60(62)63)52(81)72-45(22-35-14-16-39(79)17-15-35)54(83)73-48(25-38-28-65-30-69-38)57(86)71-44(20-32(3)4)53(82)76-49(59(88)89)21-33(5)6/h8-9,11-12,14-17,26-34,41,43-50,67,78-79H,10,13,18-25,61H2,1-7H3,(H,64,68)(H,65,69)(H,70,85)(H,71,86)(H,72,81)(H,73,83)(H,74,84)(H,75,87)(H,76,82)(H,77,80)(H,88,89)(H4,62,63,66)/t34-,41+,43+,44+,45+,46+,47+,48+,49+,50+/m1/s1. The zero-order chi connectivity index (χ0) is 65.5. The van der Waals surface area contributed by atoms with Crippen molar-refractivity contribution in [3.63, 3.8) is 0 Å². The number of nitrogens with two attached hydrogens (primary N) is 3. The van der Waals surface area contributed by atoms with Crippen molar-refractivity contribution >= 4 is 70.1 Å². The number of guanidine groups is 1. The van der Waals surface area contributed by atoms with Gasteiger partial charge in [-0.25, -0.2) is 14.8 Å². The highest BCUT2D eigenvalue weighted by molar-refractivity contribution is 5.99. The van der Waals surface area contributed by atoms with E-state index >= 15 is 0 Å². The van der Waals surface area contributed by atoms with Gasteiger partial charge in [0.1, 0.15) is 54.1 Å². The molecule has 5 aromatic rings. The van der Waals surface area contributed by atoms with E-state index in [1.807, 2.05) is 19.9 Å². The second-order valence-corrected chi connectivity index (χ2v) is 23.4. The number of phenolic OH excluding ortho intramolecular Hbond substituents is 1. The predicted molar refractivity (Wildman–Crippen MR) is 329 cm³/mol. The summed E-state index contributed by atoms with van der Waals surface area (Å²) in [6.45, 7) is 12.2. The molecule has 0 radical (unpaired) electrons. The molecule has 89 heavy (non-hydrogen) atoms. The topological polar surface area (TPSA) is 474 Å². The van der Waals surface area contributed by atoms with E-state index in [1.54, 1.807) is 52.1 Å². The summed E-state index contributed by atoms with van der Waals surface area (Å²) in [5, 5.41) is 52.9. The number of benzene rings is 2. The molecule has 0 fully saturated rings. The number of aliphatic carboxylic acids is 1. The maximum absolute atomic E-state index is 14.9. The van der Waals surface area contributed by atoms with E-state index in [-0.39, 0.29) is 93.8 Å². The minimum Gasteiger partial charge on any atom is -0.508 e. The molecule has 10 atom stereocenters. The second kappa shape index (κ2) is 34.2. The van der Waals surface area contributed by atoms with Crippen molar-refractivity contribution in [2.45, 2.75) is 167 Å². The van der Waals surface area contributed by atoms with E-state index in [2.05, 4.69) is 72.4 Å². The lowest BCUT2D eigenvalue weighted by Crippen LogP contribution is -2.62. The molecule has 484 valence electrons. The predicted octanol–water partition coefficient (Wildman–Crippen LogP) is -0.547. The van der Waals surface area contributed by atoms with E-state index in [4.69, 9.17) is 17.2 Å². The third-order valence-corrected chi connectivity index (χ3v) is 14.3. The number of para-hydroxylation sites is 1. The number of hydrogen-bond donors (Lipinski definition) is 17. The van der Waals surface area contributed by atoms with Crippen molar-refractivity contribution in [2.75, 3.05) is 6.54 Å². The number of amides is 8. The third-order valence-electron chi connectivity index (χ3n) is 14.3. The Morgan fingerprint density at radius 2 is 1.00 bits per heavy atom. The number of H-pyrrole nitrogens is 3. The van der Waals surface area contributed by atoms with E-state index in [1.165, 1.54) is 56.2 Å². The zero-order valence-electron chi connectivity index (χ0n) is 51.2. The van der Waals surface area contributed by atoms with Gasteiger partial charge in [0.2, 0.25) is 47.3 Å². The van der Waals surface area contributed by atoms with Crippen molar-refractivity contribution in [3.8, 4) is 5.75 Å². The van der Waals surface area contributed by atoms with Gasteiger partial charge in [0.15, 0.2) is 5.96 Å². The summed E-state index contributed by atoms with van der Waals surface area (Å²) in [6, 6.07) is 0.351. The number of rotatable bonds is 36. The Labute approximate surface area is 515 Å². The number of aliphatic hydroxyl groups excluding tert-OH is 1. The summed E-state index contributed by atoms with van der Waals surface area (Å²) in [7, 11) is 0. The molecule has 0 aliphatic carbocycles. The van der Waals surface area contributed by atoms with Crippen molar-refractivity contribution in [2.24, 2.45) is 39.9 Å². The SMILES string of the molecule is CC(C)C[C@H](NC(=O)[C@H](CC(C)C)NC(=O)[C@H](Cc1cnc[nH]1)NC(=O)[C@H](Cc1ccc(O)cc1)NC(=O)[C@H](CCCN=C(N)N)NC(=O)[C@H](Cc1cnc[nH]1)NC(=O)[C@H](Cc1c[nH]c2ccccc12)NC(=O)[C@@H](NC(=O)[C@@H](N)CC(C)C)[C@@H](C)O)C(=O)O. The van der Waals surface area contributed by atoms with Crippen molar-refractivity contribution < 1.29 is 58.5 Å². The molecule has 8 amide bonds. The van der Waals surface area contributed by atoms with Gasteiger partial charge in [-0.3, -0.25) is 43.3 Å². The second-order valence-electron chi connectivity index (χ2n) is 23.4. The fourth-order valence-corrected chi connectivity index (χ4v) is 9.80. The Hall–Kier alpha value is -9.38. The highest BCUT2D eigenvalue weighted by atomic mass is 16.4. The van der Waals surface area contributed by atoms with Crippen molar-refractivity contribution in [1.29, 1.82) is 0 Å². The molecule has 0 spiro atoms. The van der Waals surface area contributed by atoms with E-state index < -0.39 is 114 Å². The summed E-state index contributed by atoms with van der Waals surface area (Å²) in [6.07, 6.45) is 5.22. The molecule has 5 rings (SSSR count). The molecule has 0 bridgehead atoms. The molecule has 3 aromatic heterocycles. The van der Waals surface area contributed by atoms with Gasteiger partial charge in [-0.2, -0.15) is 0 Å². The molecule has 20 N–H and O–H groups in total. The summed E-state index contributed by atoms with van der Waals surface area (Å²) in [5.41, 5.74) is 19.9. The normalized spacial score (nSPS) is 14.8. The summed E-state index contributed by atoms with van der Waals surface area (Å²) in [5.74, 6) is -8.76. The number of carbonyl (C=O) groups excluding carboxylic acids is 8. The number of hydrogen-bond acceptors (Lipinski definition) is 15. The smallest absolute Gasteiger partial charge is 0.326 e. The van der Waals surface area contributed by atoms with Gasteiger partial charge in [-0.15, -0.1) is 0 Å². The number of aromatic nitrogens is 5. The Kier molecular flexibility index (Phi) is 27.1. The van der Waals surface area contributed by atoms with Gasteiger partial charge in [-0.05, 0) is 86.1 Å². The first-order valence-electron chi connectivity index (χ1n) is 29.6. The van der Waals surface area contributed by atoms with Crippen LogP contribution in [0.1, 0.15) is 103 Å². The van der Waals surface area contributed by atoms with Crippen molar-refractivity contribution in [1.82, 2.24) is 67.5 Å². The van der Waals surface area contributed by atoms with Crippen LogP contribution >= 0.6 is 0 Å². The summed E-state index contributed by atoms with van der Waals surface area (Å²) < 4.78 is 0. The van der Waals surface area contributed by atoms with Crippen LogP contribution in [0.25, 0.3) is 10.9 Å². The van der Waals surface area contributed by atoms with Crippen LogP contribution < -0.4 is 59.7 Å². The van der Waals surface area contributed by atoms with E-state index in [9.17, 15) is 58.5 Å². The highest BCUT2D eigenvalue weighted by Gasteiger charge is 2.37. The number of imidazole rings is 2. The van der Waals surface area contributed by atoms with Crippen LogP contribution in [0.3, 0.4) is 0 Å². The van der Waals surface area contributed by atoms with Crippen LogP contribution in [0.2, 0.25) is 0 Å². The first-order chi connectivity index (χ1) is 42.2. The number of aromatic amines is 3. The molecule has 2 aromatic carbocycles. The number of carboxylic acids is 1. The largest absolute Gasteiger partial charge is 0.508 e. The minimum atomic E-state index is -1.57.